The molecule has 100 valence electrons. The summed E-state index contributed by atoms with van der Waals surface area (Å²) in [6, 6.07) is -0.792. The van der Waals surface area contributed by atoms with E-state index in [9.17, 15) is 9.59 Å². The normalized spacial score (nSPS) is 27.2. The summed E-state index contributed by atoms with van der Waals surface area (Å²) >= 11 is 3.38. The Morgan fingerprint density at radius 1 is 1.39 bits per heavy atom. The number of likely N-dealkylation sites (N-methyl/N-ethyl adjacent to an activating group) is 1. The summed E-state index contributed by atoms with van der Waals surface area (Å²) in [5.41, 5.74) is 0. The zero-order valence-corrected chi connectivity index (χ0v) is 12.1. The molecule has 18 heavy (non-hydrogen) atoms. The highest BCUT2D eigenvalue weighted by Crippen LogP contribution is 2.26. The van der Waals surface area contributed by atoms with Gasteiger partial charge in [0.1, 0.15) is 0 Å². The maximum atomic E-state index is 11.9. The zero-order valence-electron chi connectivity index (χ0n) is 10.5. The molecule has 2 atom stereocenters. The van der Waals surface area contributed by atoms with Crippen LogP contribution >= 0.6 is 15.9 Å². The van der Waals surface area contributed by atoms with Crippen molar-refractivity contribution in [3.63, 3.8) is 0 Å². The molecule has 2 aliphatic rings. The molecule has 1 N–H and O–H groups in total. The van der Waals surface area contributed by atoms with E-state index in [1.807, 2.05) is 4.90 Å². The van der Waals surface area contributed by atoms with Crippen LogP contribution in [-0.4, -0.2) is 52.3 Å². The number of imide groups is 1. The van der Waals surface area contributed by atoms with Crippen LogP contribution in [0.4, 0.5) is 4.79 Å². The number of hydrogen-bond donors (Lipinski definition) is 1. The molecule has 3 amide bonds. The Hall–Kier alpha value is -1.11. The highest BCUT2D eigenvalue weighted by molar-refractivity contribution is 9.18. The maximum Gasteiger partial charge on any atom is 0.325 e. The number of unbranched alkanes of at least 4 members (excludes halogenated alkanes) is 2. The molecule has 6 nitrogen and oxygen atoms in total. The molecule has 1 fully saturated rings. The molecule has 2 unspecified atom stereocenters. The molecule has 0 aromatic carbocycles. The van der Waals surface area contributed by atoms with E-state index >= 15 is 0 Å². The van der Waals surface area contributed by atoms with E-state index in [-0.39, 0.29) is 11.9 Å². The number of fused-ring (bicyclic) bond motifs is 1. The van der Waals surface area contributed by atoms with Crippen LogP contribution in [0.2, 0.25) is 0 Å². The lowest BCUT2D eigenvalue weighted by molar-refractivity contribution is -0.127. The Bertz CT molecular complexity index is 399. The molecule has 7 heteroatoms. The van der Waals surface area contributed by atoms with Crippen LogP contribution in [0, 0.1) is 0 Å². The van der Waals surface area contributed by atoms with Crippen molar-refractivity contribution in [3.05, 3.63) is 0 Å². The second kappa shape index (κ2) is 5.26. The number of nitrogens with one attached hydrogen (secondary N) is 1. The second-order valence-electron chi connectivity index (χ2n) is 4.56. The maximum absolute atomic E-state index is 11.9. The van der Waals surface area contributed by atoms with Crippen LogP contribution in [0.15, 0.2) is 4.99 Å². The number of amides is 3. The fraction of sp³-hybridized carbons (Fsp3) is 0.727. The van der Waals surface area contributed by atoms with E-state index < -0.39 is 12.2 Å². The Kier molecular flexibility index (Phi) is 3.89. The smallest absolute Gasteiger partial charge is 0.325 e. The number of urea groups is 1. The summed E-state index contributed by atoms with van der Waals surface area (Å²) in [4.78, 5) is 31.2. The number of carbonyl (C=O) groups excluding carboxylic acids is 2. The van der Waals surface area contributed by atoms with Gasteiger partial charge in [-0.25, -0.2) is 9.79 Å². The van der Waals surface area contributed by atoms with Crippen molar-refractivity contribution >= 4 is 32.6 Å². The standard InChI is InChI=1S/C11H17BrN4O2/c1-3-4-5-6-16-7-8(13-10(16)12)15(2)11(18)14-9(7)17/h7-8H,3-6H2,1-2H3,(H,14,17,18). The minimum absolute atomic E-state index is 0.266. The number of carbonyl (C=O) groups is 2. The molecule has 0 bridgehead atoms. The molecule has 0 saturated carbocycles. The molecule has 0 aromatic heterocycles. The van der Waals surface area contributed by atoms with E-state index in [1.54, 1.807) is 7.05 Å². The highest BCUT2D eigenvalue weighted by Gasteiger charge is 2.47. The van der Waals surface area contributed by atoms with Crippen molar-refractivity contribution in [1.29, 1.82) is 0 Å². The highest BCUT2D eigenvalue weighted by atomic mass is 79.9. The van der Waals surface area contributed by atoms with Gasteiger partial charge >= 0.3 is 6.03 Å². The van der Waals surface area contributed by atoms with Gasteiger partial charge in [-0.2, -0.15) is 0 Å². The molecular formula is C11H17BrN4O2. The summed E-state index contributed by atoms with van der Waals surface area (Å²) < 4.78 is 0.658. The summed E-state index contributed by atoms with van der Waals surface area (Å²) in [7, 11) is 1.65. The van der Waals surface area contributed by atoms with Crippen molar-refractivity contribution in [2.75, 3.05) is 13.6 Å². The van der Waals surface area contributed by atoms with Crippen LogP contribution in [0.25, 0.3) is 0 Å². The lowest BCUT2D eigenvalue weighted by Crippen LogP contribution is -2.63. The van der Waals surface area contributed by atoms with Crippen LogP contribution in [0.5, 0.6) is 0 Å². The summed E-state index contributed by atoms with van der Waals surface area (Å²) in [6.07, 6.45) is 2.84. The lowest BCUT2D eigenvalue weighted by Gasteiger charge is -2.35. The predicted octanol–water partition coefficient (Wildman–Crippen LogP) is 1.12. The first-order chi connectivity index (χ1) is 8.56. The third-order valence-corrected chi connectivity index (χ3v) is 3.97. The van der Waals surface area contributed by atoms with Gasteiger partial charge in [-0.15, -0.1) is 0 Å². The van der Waals surface area contributed by atoms with Crippen LogP contribution in [0.1, 0.15) is 26.2 Å². The first kappa shape index (κ1) is 13.3. The third-order valence-electron chi connectivity index (χ3n) is 3.31. The fourth-order valence-corrected chi connectivity index (χ4v) is 2.86. The number of nitrogens with zero attached hydrogens (tertiary/aromatic N) is 3. The first-order valence-electron chi connectivity index (χ1n) is 6.14. The monoisotopic (exact) mass is 316 g/mol. The van der Waals surface area contributed by atoms with Crippen molar-refractivity contribution in [3.8, 4) is 0 Å². The zero-order chi connectivity index (χ0) is 13.3. The molecular weight excluding hydrogens is 300 g/mol. The van der Waals surface area contributed by atoms with Crippen LogP contribution in [-0.2, 0) is 4.79 Å². The number of aliphatic imine (C=N–C) groups is 1. The largest absolute Gasteiger partial charge is 0.335 e. The number of rotatable bonds is 4. The van der Waals surface area contributed by atoms with Crippen LogP contribution in [0.3, 0.4) is 0 Å². The summed E-state index contributed by atoms with van der Waals surface area (Å²) in [6.45, 7) is 2.91. The fourth-order valence-electron chi connectivity index (χ4n) is 2.26. The predicted molar refractivity (Wildman–Crippen MR) is 71.5 cm³/mol. The molecule has 0 radical (unpaired) electrons. The van der Waals surface area contributed by atoms with Crippen molar-refractivity contribution < 1.29 is 9.59 Å². The van der Waals surface area contributed by atoms with Gasteiger partial charge in [-0.1, -0.05) is 19.8 Å². The third kappa shape index (κ3) is 2.23. The minimum atomic E-state index is -0.415. The summed E-state index contributed by atoms with van der Waals surface area (Å²) in [5, 5.41) is 2.35. The number of hydrogen-bond acceptors (Lipinski definition) is 4. The SMILES string of the molecule is CCCCCN1C(Br)=NC2C1C(=O)NC(=O)N2C. The van der Waals surface area contributed by atoms with Gasteiger partial charge in [-0.05, 0) is 22.4 Å². The minimum Gasteiger partial charge on any atom is -0.335 e. The Labute approximate surface area is 115 Å². The van der Waals surface area contributed by atoms with Gasteiger partial charge in [0.25, 0.3) is 5.91 Å². The lowest BCUT2D eigenvalue weighted by atomic mass is 10.1. The quantitative estimate of drug-likeness (QED) is 0.624. The molecule has 0 spiro atoms. The van der Waals surface area contributed by atoms with Gasteiger partial charge in [0.15, 0.2) is 17.0 Å². The van der Waals surface area contributed by atoms with Gasteiger partial charge < -0.3 is 9.80 Å². The van der Waals surface area contributed by atoms with E-state index in [0.29, 0.717) is 4.74 Å². The van der Waals surface area contributed by atoms with Crippen molar-refractivity contribution in [2.45, 2.75) is 38.4 Å². The summed E-state index contributed by atoms with van der Waals surface area (Å²) in [5.74, 6) is -0.266. The second-order valence-corrected chi connectivity index (χ2v) is 5.27. The average molecular weight is 317 g/mol. The van der Waals surface area contributed by atoms with E-state index in [1.165, 1.54) is 4.90 Å². The van der Waals surface area contributed by atoms with Gasteiger partial charge in [-0.3, -0.25) is 10.1 Å². The topological polar surface area (TPSA) is 65.0 Å². The van der Waals surface area contributed by atoms with Crippen molar-refractivity contribution in [1.82, 2.24) is 15.1 Å². The Morgan fingerprint density at radius 3 is 2.78 bits per heavy atom. The van der Waals surface area contributed by atoms with Gasteiger partial charge in [0.2, 0.25) is 0 Å². The van der Waals surface area contributed by atoms with Gasteiger partial charge in [0.05, 0.1) is 0 Å². The van der Waals surface area contributed by atoms with Crippen LogP contribution < -0.4 is 5.32 Å². The van der Waals surface area contributed by atoms with Crippen molar-refractivity contribution in [2.24, 2.45) is 4.99 Å². The molecule has 2 heterocycles. The Morgan fingerprint density at radius 2 is 2.11 bits per heavy atom. The molecule has 0 aromatic rings. The Balaban J connectivity index is 2.12. The first-order valence-corrected chi connectivity index (χ1v) is 6.93. The molecule has 0 aliphatic carbocycles. The number of amidine groups is 1. The van der Waals surface area contributed by atoms with Gasteiger partial charge in [0, 0.05) is 13.6 Å². The molecule has 1 saturated heterocycles. The number of halogens is 1. The molecule has 2 rings (SSSR count). The average Bonchev–Trinajstić information content (AvgIpc) is 2.65. The van der Waals surface area contributed by atoms with E-state index in [0.717, 1.165) is 25.8 Å². The molecule has 2 aliphatic heterocycles. The van der Waals surface area contributed by atoms with E-state index in [4.69, 9.17) is 0 Å². The van der Waals surface area contributed by atoms with E-state index in [2.05, 4.69) is 33.2 Å².